The normalized spacial score (nSPS) is 10.9. The molecule has 4 rings (SSSR count). The van der Waals surface area contributed by atoms with Gasteiger partial charge < -0.3 is 4.74 Å². The Morgan fingerprint density at radius 2 is 2.15 bits per heavy atom. The molecule has 3 heterocycles. The second-order valence-corrected chi connectivity index (χ2v) is 8.47. The molecule has 26 heavy (non-hydrogen) atoms. The third-order valence-corrected chi connectivity index (χ3v) is 6.21. The fourth-order valence-corrected chi connectivity index (χ4v) is 4.75. The lowest BCUT2D eigenvalue weighted by Crippen LogP contribution is -1.95. The molecule has 0 spiro atoms. The van der Waals surface area contributed by atoms with Gasteiger partial charge in [0.1, 0.15) is 22.4 Å². The van der Waals surface area contributed by atoms with Gasteiger partial charge in [-0.3, -0.25) is 0 Å². The molecule has 0 bridgehead atoms. The SMILES string of the molecule is C#CCOc1cccc(-c2nn3c(CSc4nnc(C)s4)nnc3s2)c1. The van der Waals surface area contributed by atoms with Crippen LogP contribution in [-0.2, 0) is 5.75 Å². The summed E-state index contributed by atoms with van der Waals surface area (Å²) in [5.41, 5.74) is 0.952. The van der Waals surface area contributed by atoms with Gasteiger partial charge in [-0.05, 0) is 19.1 Å². The molecule has 0 aliphatic carbocycles. The van der Waals surface area contributed by atoms with Crippen LogP contribution in [0.3, 0.4) is 0 Å². The Hall–Kier alpha value is -2.48. The first-order valence-corrected chi connectivity index (χ1v) is 10.2. The maximum absolute atomic E-state index is 5.48. The van der Waals surface area contributed by atoms with Crippen molar-refractivity contribution in [3.05, 3.63) is 35.1 Å². The topological polar surface area (TPSA) is 78.1 Å². The van der Waals surface area contributed by atoms with Crippen molar-refractivity contribution in [3.8, 4) is 28.7 Å². The minimum absolute atomic E-state index is 0.237. The van der Waals surface area contributed by atoms with E-state index in [1.807, 2.05) is 31.2 Å². The highest BCUT2D eigenvalue weighted by Crippen LogP contribution is 2.30. The number of aryl methyl sites for hydroxylation is 1. The van der Waals surface area contributed by atoms with Gasteiger partial charge in [-0.15, -0.1) is 26.8 Å². The van der Waals surface area contributed by atoms with Crippen molar-refractivity contribution in [2.24, 2.45) is 0 Å². The van der Waals surface area contributed by atoms with Crippen LogP contribution in [0.4, 0.5) is 0 Å². The number of terminal acetylenes is 1. The number of hydrogen-bond donors (Lipinski definition) is 0. The van der Waals surface area contributed by atoms with E-state index in [2.05, 4.69) is 31.4 Å². The van der Waals surface area contributed by atoms with Crippen LogP contribution in [0.25, 0.3) is 15.5 Å². The summed E-state index contributed by atoms with van der Waals surface area (Å²) < 4.78 is 8.16. The molecule has 4 aromatic rings. The molecule has 3 aromatic heterocycles. The molecule has 10 heteroatoms. The molecular formula is C16H12N6OS3. The summed E-state index contributed by atoms with van der Waals surface area (Å²) in [6, 6.07) is 7.68. The first-order valence-electron chi connectivity index (χ1n) is 7.53. The van der Waals surface area contributed by atoms with Gasteiger partial charge in [-0.1, -0.05) is 52.5 Å². The quantitative estimate of drug-likeness (QED) is 0.363. The van der Waals surface area contributed by atoms with Crippen LogP contribution >= 0.6 is 34.4 Å². The van der Waals surface area contributed by atoms with E-state index >= 15 is 0 Å². The van der Waals surface area contributed by atoms with Gasteiger partial charge in [-0.2, -0.15) is 9.61 Å². The highest BCUT2D eigenvalue weighted by Gasteiger charge is 2.14. The largest absolute Gasteiger partial charge is 0.481 e. The lowest BCUT2D eigenvalue weighted by atomic mass is 10.2. The van der Waals surface area contributed by atoms with Crippen molar-refractivity contribution in [2.75, 3.05) is 6.61 Å². The van der Waals surface area contributed by atoms with Gasteiger partial charge in [0.05, 0.1) is 5.75 Å². The first kappa shape index (κ1) is 17.0. The summed E-state index contributed by atoms with van der Waals surface area (Å²) >= 11 is 4.62. The zero-order chi connectivity index (χ0) is 17.9. The van der Waals surface area contributed by atoms with Crippen molar-refractivity contribution in [1.29, 1.82) is 0 Å². The van der Waals surface area contributed by atoms with E-state index < -0.39 is 0 Å². The molecule has 0 aliphatic heterocycles. The van der Waals surface area contributed by atoms with E-state index in [9.17, 15) is 0 Å². The van der Waals surface area contributed by atoms with Crippen LogP contribution in [0.2, 0.25) is 0 Å². The van der Waals surface area contributed by atoms with Gasteiger partial charge in [0, 0.05) is 5.56 Å². The van der Waals surface area contributed by atoms with Crippen LogP contribution in [0.5, 0.6) is 5.75 Å². The van der Waals surface area contributed by atoms with Crippen LogP contribution in [0, 0.1) is 19.3 Å². The Balaban J connectivity index is 1.56. The third-order valence-electron chi connectivity index (χ3n) is 3.29. The van der Waals surface area contributed by atoms with E-state index in [1.54, 1.807) is 27.6 Å². The Morgan fingerprint density at radius 3 is 2.96 bits per heavy atom. The summed E-state index contributed by atoms with van der Waals surface area (Å²) in [5, 5.41) is 23.0. The number of hydrogen-bond acceptors (Lipinski definition) is 9. The molecule has 7 nitrogen and oxygen atoms in total. The second-order valence-electron chi connectivity index (χ2n) is 5.11. The number of thioether (sulfide) groups is 1. The van der Waals surface area contributed by atoms with Crippen molar-refractivity contribution in [1.82, 2.24) is 30.0 Å². The Labute approximate surface area is 161 Å². The van der Waals surface area contributed by atoms with E-state index in [1.165, 1.54) is 11.3 Å². The zero-order valence-corrected chi connectivity index (χ0v) is 16.1. The fraction of sp³-hybridized carbons (Fsp3) is 0.188. The van der Waals surface area contributed by atoms with Crippen molar-refractivity contribution >= 4 is 39.4 Å². The molecule has 0 saturated heterocycles. The van der Waals surface area contributed by atoms with Crippen LogP contribution < -0.4 is 4.74 Å². The monoisotopic (exact) mass is 400 g/mol. The number of rotatable bonds is 6. The van der Waals surface area contributed by atoms with Crippen LogP contribution in [-0.4, -0.2) is 36.6 Å². The number of nitrogens with zero attached hydrogens (tertiary/aromatic N) is 6. The van der Waals surface area contributed by atoms with E-state index in [-0.39, 0.29) is 6.61 Å². The smallest absolute Gasteiger partial charge is 0.235 e. The predicted octanol–water partition coefficient (Wildman–Crippen LogP) is 3.32. The maximum atomic E-state index is 5.48. The van der Waals surface area contributed by atoms with Crippen molar-refractivity contribution < 1.29 is 4.74 Å². The lowest BCUT2D eigenvalue weighted by Gasteiger charge is -2.03. The Bertz CT molecular complexity index is 1090. The molecule has 0 amide bonds. The van der Waals surface area contributed by atoms with Gasteiger partial charge in [0.25, 0.3) is 0 Å². The molecule has 130 valence electrons. The van der Waals surface area contributed by atoms with Gasteiger partial charge in [-0.25, -0.2) is 0 Å². The summed E-state index contributed by atoms with van der Waals surface area (Å²) in [4.78, 5) is 0.749. The van der Waals surface area contributed by atoms with Crippen LogP contribution in [0.15, 0.2) is 28.6 Å². The van der Waals surface area contributed by atoms with Crippen molar-refractivity contribution in [2.45, 2.75) is 17.0 Å². The lowest BCUT2D eigenvalue weighted by molar-refractivity contribution is 0.370. The Kier molecular flexibility index (Phi) is 4.83. The molecule has 0 unspecified atom stereocenters. The summed E-state index contributed by atoms with van der Waals surface area (Å²) in [6.07, 6.45) is 5.24. The van der Waals surface area contributed by atoms with Gasteiger partial charge in [0.15, 0.2) is 10.2 Å². The molecule has 0 aliphatic rings. The molecule has 0 saturated carbocycles. The second kappa shape index (κ2) is 7.41. The maximum Gasteiger partial charge on any atom is 0.235 e. The zero-order valence-electron chi connectivity index (χ0n) is 13.6. The van der Waals surface area contributed by atoms with E-state index in [4.69, 9.17) is 11.2 Å². The molecular weight excluding hydrogens is 388 g/mol. The van der Waals surface area contributed by atoms with Gasteiger partial charge >= 0.3 is 0 Å². The van der Waals surface area contributed by atoms with Gasteiger partial charge in [0.2, 0.25) is 4.96 Å². The Morgan fingerprint density at radius 1 is 1.23 bits per heavy atom. The molecule has 1 aromatic carbocycles. The van der Waals surface area contributed by atoms with E-state index in [0.29, 0.717) is 11.5 Å². The number of fused-ring (bicyclic) bond motifs is 1. The van der Waals surface area contributed by atoms with E-state index in [0.717, 1.165) is 30.7 Å². The summed E-state index contributed by atoms with van der Waals surface area (Å²) in [6.45, 7) is 2.17. The standard InChI is InChI=1S/C16H12N6OS3/c1-3-7-23-12-6-4-5-11(8-12)14-21-22-13(18-19-15(22)26-14)9-24-16-20-17-10(2)25-16/h1,4-6,8H,7,9H2,2H3. The number of ether oxygens (including phenoxy) is 1. The highest BCUT2D eigenvalue weighted by molar-refractivity contribution is 8.00. The van der Waals surface area contributed by atoms with Crippen molar-refractivity contribution in [3.63, 3.8) is 0 Å². The average molecular weight is 401 g/mol. The summed E-state index contributed by atoms with van der Waals surface area (Å²) in [5.74, 6) is 4.58. The summed E-state index contributed by atoms with van der Waals surface area (Å²) in [7, 11) is 0. The average Bonchev–Trinajstić information content (AvgIpc) is 3.34. The predicted molar refractivity (Wildman–Crippen MR) is 103 cm³/mol. The minimum Gasteiger partial charge on any atom is -0.481 e. The molecule has 0 radical (unpaired) electrons. The minimum atomic E-state index is 0.237. The molecule has 0 fully saturated rings. The number of aromatic nitrogens is 6. The molecule has 0 N–H and O–H groups in total. The first-order chi connectivity index (χ1) is 12.7. The molecule has 0 atom stereocenters. The number of benzene rings is 1. The fourth-order valence-electron chi connectivity index (χ4n) is 2.17. The highest BCUT2D eigenvalue weighted by atomic mass is 32.2. The third kappa shape index (κ3) is 3.55. The van der Waals surface area contributed by atoms with Crippen LogP contribution in [0.1, 0.15) is 10.8 Å².